The van der Waals surface area contributed by atoms with Crippen molar-refractivity contribution in [2.45, 2.75) is 44.2 Å². The third-order valence-electron chi connectivity index (χ3n) is 3.61. The Morgan fingerprint density at radius 1 is 1.04 bits per heavy atom. The number of carbonyl (C=O) groups excluding carboxylic acids is 3. The van der Waals surface area contributed by atoms with Gasteiger partial charge in [-0.3, -0.25) is 19.7 Å². The van der Waals surface area contributed by atoms with Crippen molar-refractivity contribution in [2.75, 3.05) is 28.2 Å². The summed E-state index contributed by atoms with van der Waals surface area (Å²) in [4.78, 5) is 37.2. The molecule has 0 bridgehead atoms. The van der Waals surface area contributed by atoms with Crippen LogP contribution in [0.15, 0.2) is 5.16 Å². The second-order valence-electron chi connectivity index (χ2n) is 6.51. The smallest absolute Gasteiger partial charge is 0.223 e. The minimum absolute atomic E-state index is 0.0195. The SMILES string of the molecule is CNC(=O)CC(C)(C=NO)NC(C)(CC(=O)NC)CC(=O)N(C)C. The zero-order chi connectivity index (χ0) is 19.0. The molecule has 2 unspecified atom stereocenters. The quantitative estimate of drug-likeness (QED) is 0.250. The highest BCUT2D eigenvalue weighted by molar-refractivity contribution is 5.84. The molecule has 0 aliphatic heterocycles. The van der Waals surface area contributed by atoms with Crippen LogP contribution >= 0.6 is 0 Å². The van der Waals surface area contributed by atoms with Gasteiger partial charge in [-0.1, -0.05) is 0 Å². The van der Waals surface area contributed by atoms with Crippen molar-refractivity contribution in [3.8, 4) is 0 Å². The summed E-state index contributed by atoms with van der Waals surface area (Å²) in [5.74, 6) is -0.692. The van der Waals surface area contributed by atoms with Crippen molar-refractivity contribution < 1.29 is 19.6 Å². The first-order chi connectivity index (χ1) is 11.0. The summed E-state index contributed by atoms with van der Waals surface area (Å²) in [7, 11) is 6.26. The van der Waals surface area contributed by atoms with Gasteiger partial charge in [0, 0.05) is 53.0 Å². The number of rotatable bonds is 9. The Bertz CT molecular complexity index is 494. The number of hydrogen-bond acceptors (Lipinski definition) is 6. The fourth-order valence-electron chi connectivity index (χ4n) is 2.45. The molecular formula is C15H29N5O4. The third-order valence-corrected chi connectivity index (χ3v) is 3.61. The predicted molar refractivity (Wildman–Crippen MR) is 90.9 cm³/mol. The van der Waals surface area contributed by atoms with E-state index in [0.717, 1.165) is 0 Å². The lowest BCUT2D eigenvalue weighted by atomic mass is 9.86. The largest absolute Gasteiger partial charge is 0.411 e. The van der Waals surface area contributed by atoms with Crippen LogP contribution in [0.25, 0.3) is 0 Å². The Balaban J connectivity index is 5.55. The molecule has 0 saturated heterocycles. The average Bonchev–Trinajstić information content (AvgIpc) is 2.45. The van der Waals surface area contributed by atoms with Crippen LogP contribution in [0.4, 0.5) is 0 Å². The highest BCUT2D eigenvalue weighted by atomic mass is 16.4. The summed E-state index contributed by atoms with van der Waals surface area (Å²) in [6.07, 6.45) is 1.22. The molecule has 0 aromatic heterocycles. The fraction of sp³-hybridized carbons (Fsp3) is 0.733. The van der Waals surface area contributed by atoms with Crippen molar-refractivity contribution in [1.82, 2.24) is 20.9 Å². The van der Waals surface area contributed by atoms with E-state index in [1.54, 1.807) is 27.9 Å². The molecule has 0 saturated carbocycles. The molecule has 24 heavy (non-hydrogen) atoms. The van der Waals surface area contributed by atoms with Crippen LogP contribution in [0.1, 0.15) is 33.1 Å². The molecule has 138 valence electrons. The maximum atomic E-state index is 12.1. The Morgan fingerprint density at radius 2 is 1.54 bits per heavy atom. The molecule has 0 fully saturated rings. The van der Waals surface area contributed by atoms with E-state index in [-0.39, 0.29) is 37.0 Å². The summed E-state index contributed by atoms with van der Waals surface area (Å²) in [6, 6.07) is 0. The standard InChI is InChI=1S/C15H29N5O4/c1-14(7-11(21)16-3,9-13(23)20(5)6)19-15(2,10-18-24)8-12(22)17-4/h10,19,24H,7-9H2,1-6H3,(H,16,21)(H,17,22). The normalized spacial score (nSPS) is 16.1. The van der Waals surface area contributed by atoms with Crippen LogP contribution in [0.2, 0.25) is 0 Å². The topological polar surface area (TPSA) is 123 Å². The Kier molecular flexibility index (Phi) is 8.38. The molecule has 0 aliphatic carbocycles. The molecule has 0 aromatic carbocycles. The van der Waals surface area contributed by atoms with Crippen LogP contribution in [0.5, 0.6) is 0 Å². The number of hydrogen-bond donors (Lipinski definition) is 4. The van der Waals surface area contributed by atoms with E-state index in [0.29, 0.717) is 0 Å². The van der Waals surface area contributed by atoms with E-state index in [9.17, 15) is 14.4 Å². The number of oxime groups is 1. The Morgan fingerprint density at radius 3 is 1.96 bits per heavy atom. The fourth-order valence-corrected chi connectivity index (χ4v) is 2.45. The van der Waals surface area contributed by atoms with E-state index in [4.69, 9.17) is 5.21 Å². The molecule has 0 spiro atoms. The summed E-state index contributed by atoms with van der Waals surface area (Å²) in [5.41, 5.74) is -1.98. The first-order valence-corrected chi connectivity index (χ1v) is 7.60. The maximum Gasteiger partial charge on any atom is 0.223 e. The van der Waals surface area contributed by atoms with Crippen molar-refractivity contribution in [3.05, 3.63) is 0 Å². The first-order valence-electron chi connectivity index (χ1n) is 7.60. The van der Waals surface area contributed by atoms with Crippen LogP contribution in [0.3, 0.4) is 0 Å². The van der Waals surface area contributed by atoms with Gasteiger partial charge >= 0.3 is 0 Å². The molecular weight excluding hydrogens is 314 g/mol. The molecule has 3 amide bonds. The van der Waals surface area contributed by atoms with Gasteiger partial charge in [0.25, 0.3) is 0 Å². The van der Waals surface area contributed by atoms with Crippen molar-refractivity contribution in [1.29, 1.82) is 0 Å². The Hall–Kier alpha value is -2.16. The molecule has 4 N–H and O–H groups in total. The lowest BCUT2D eigenvalue weighted by molar-refractivity contribution is -0.131. The van der Waals surface area contributed by atoms with Gasteiger partial charge in [-0.15, -0.1) is 5.16 Å². The van der Waals surface area contributed by atoms with Crippen LogP contribution < -0.4 is 16.0 Å². The van der Waals surface area contributed by atoms with Gasteiger partial charge in [0.2, 0.25) is 17.7 Å². The van der Waals surface area contributed by atoms with Gasteiger partial charge in [0.05, 0.1) is 11.8 Å². The maximum absolute atomic E-state index is 12.1. The van der Waals surface area contributed by atoms with Crippen molar-refractivity contribution >= 4 is 23.9 Å². The second-order valence-corrected chi connectivity index (χ2v) is 6.51. The summed E-state index contributed by atoms with van der Waals surface area (Å²) < 4.78 is 0. The van der Waals surface area contributed by atoms with E-state index < -0.39 is 11.1 Å². The minimum Gasteiger partial charge on any atom is -0.411 e. The highest BCUT2D eigenvalue weighted by Gasteiger charge is 2.38. The minimum atomic E-state index is -1.04. The van der Waals surface area contributed by atoms with Crippen LogP contribution in [-0.4, -0.2) is 73.3 Å². The molecule has 2 atom stereocenters. The van der Waals surface area contributed by atoms with Gasteiger partial charge in [0.1, 0.15) is 0 Å². The van der Waals surface area contributed by atoms with Crippen LogP contribution in [0, 0.1) is 0 Å². The molecule has 0 heterocycles. The zero-order valence-corrected chi connectivity index (χ0v) is 15.3. The van der Waals surface area contributed by atoms with Gasteiger partial charge in [-0.2, -0.15) is 0 Å². The van der Waals surface area contributed by atoms with Crippen LogP contribution in [-0.2, 0) is 14.4 Å². The second kappa shape index (κ2) is 9.21. The van der Waals surface area contributed by atoms with E-state index in [1.807, 2.05) is 0 Å². The molecule has 9 heteroatoms. The predicted octanol–water partition coefficient (Wildman–Crippen LogP) is -0.696. The van der Waals surface area contributed by atoms with Gasteiger partial charge in [0.15, 0.2) is 0 Å². The van der Waals surface area contributed by atoms with Gasteiger partial charge < -0.3 is 20.7 Å². The van der Waals surface area contributed by atoms with Gasteiger partial charge in [-0.05, 0) is 13.8 Å². The Labute approximate surface area is 142 Å². The first kappa shape index (κ1) is 21.8. The van der Waals surface area contributed by atoms with E-state index in [2.05, 4.69) is 21.1 Å². The molecule has 0 aromatic rings. The lowest BCUT2D eigenvalue weighted by Gasteiger charge is -2.39. The molecule has 9 nitrogen and oxygen atoms in total. The number of amides is 3. The van der Waals surface area contributed by atoms with E-state index in [1.165, 1.54) is 25.2 Å². The average molecular weight is 343 g/mol. The van der Waals surface area contributed by atoms with E-state index >= 15 is 0 Å². The number of nitrogens with one attached hydrogen (secondary N) is 3. The van der Waals surface area contributed by atoms with Crippen molar-refractivity contribution in [2.24, 2.45) is 5.16 Å². The molecule has 0 radical (unpaired) electrons. The summed E-state index contributed by atoms with van der Waals surface area (Å²) in [6.45, 7) is 3.38. The summed E-state index contributed by atoms with van der Waals surface area (Å²) in [5, 5.41) is 20.1. The molecule has 0 rings (SSSR count). The van der Waals surface area contributed by atoms with Crippen molar-refractivity contribution in [3.63, 3.8) is 0 Å². The number of nitrogens with zero attached hydrogens (tertiary/aromatic N) is 2. The zero-order valence-electron chi connectivity index (χ0n) is 15.3. The van der Waals surface area contributed by atoms with Gasteiger partial charge in [-0.25, -0.2) is 0 Å². The number of carbonyl (C=O) groups is 3. The highest BCUT2D eigenvalue weighted by Crippen LogP contribution is 2.22. The summed E-state index contributed by atoms with van der Waals surface area (Å²) >= 11 is 0. The third kappa shape index (κ3) is 7.40. The monoisotopic (exact) mass is 343 g/mol. The lowest BCUT2D eigenvalue weighted by Crippen LogP contribution is -2.60. The molecule has 0 aliphatic rings.